The van der Waals surface area contributed by atoms with Crippen molar-refractivity contribution in [2.45, 2.75) is 18.9 Å². The van der Waals surface area contributed by atoms with Gasteiger partial charge in [-0.3, -0.25) is 5.41 Å². The van der Waals surface area contributed by atoms with E-state index in [1.807, 2.05) is 0 Å². The Balaban J connectivity index is 2.44. The monoisotopic (exact) mass is 382 g/mol. The topological polar surface area (TPSA) is 74.2 Å². The summed E-state index contributed by atoms with van der Waals surface area (Å²) in [6.07, 6.45) is -2.95. The molecule has 0 amide bonds. The van der Waals surface area contributed by atoms with Gasteiger partial charge in [0, 0.05) is 17.3 Å². The van der Waals surface area contributed by atoms with Gasteiger partial charge in [0.25, 0.3) is 6.43 Å². The highest BCUT2D eigenvalue weighted by Gasteiger charge is 2.44. The first kappa shape index (κ1) is 18.7. The van der Waals surface area contributed by atoms with E-state index in [2.05, 4.69) is 22.9 Å². The van der Waals surface area contributed by atoms with Crippen LogP contribution in [-0.2, 0) is 16.9 Å². The van der Waals surface area contributed by atoms with Crippen LogP contribution in [0.5, 0.6) is 0 Å². The molecule has 2 atom stereocenters. The Bertz CT molecular complexity index is 690. The van der Waals surface area contributed by atoms with Crippen molar-refractivity contribution in [3.63, 3.8) is 0 Å². The fourth-order valence-electron chi connectivity index (χ4n) is 2.23. The van der Waals surface area contributed by atoms with Gasteiger partial charge in [-0.25, -0.2) is 17.6 Å². The van der Waals surface area contributed by atoms with Crippen LogP contribution in [0.4, 0.5) is 23.2 Å². The highest BCUT2D eigenvalue weighted by atomic mass is 32.2. The van der Waals surface area contributed by atoms with E-state index in [4.69, 9.17) is 5.41 Å². The van der Waals surface area contributed by atoms with E-state index >= 15 is 0 Å². The van der Waals surface area contributed by atoms with Crippen molar-refractivity contribution >= 4 is 40.2 Å². The third-order valence-corrected chi connectivity index (χ3v) is 5.41. The van der Waals surface area contributed by atoms with Crippen LogP contribution in [0.3, 0.4) is 0 Å². The van der Waals surface area contributed by atoms with Gasteiger partial charge in [0.1, 0.15) is 10.5 Å². The van der Waals surface area contributed by atoms with E-state index in [0.29, 0.717) is 6.07 Å². The van der Waals surface area contributed by atoms with E-state index in [-0.39, 0.29) is 23.0 Å². The van der Waals surface area contributed by atoms with E-state index in [1.54, 1.807) is 0 Å². The van der Waals surface area contributed by atoms with Gasteiger partial charge in [0.2, 0.25) is 5.96 Å². The first-order chi connectivity index (χ1) is 11.0. The molecule has 1 unspecified atom stereocenters. The molecule has 1 aliphatic rings. The molecule has 3 N–H and O–H groups in total. The summed E-state index contributed by atoms with van der Waals surface area (Å²) in [6.45, 7) is 1.44. The van der Waals surface area contributed by atoms with Crippen LogP contribution in [0.25, 0.3) is 0 Å². The molecule has 1 aromatic rings. The van der Waals surface area contributed by atoms with Crippen LogP contribution in [0.2, 0.25) is 0 Å². The van der Waals surface area contributed by atoms with Gasteiger partial charge in [-0.05, 0) is 13.0 Å². The van der Waals surface area contributed by atoms with Crippen LogP contribution in [-0.4, -0.2) is 39.0 Å². The Morgan fingerprint density at radius 1 is 1.50 bits per heavy atom. The summed E-state index contributed by atoms with van der Waals surface area (Å²) in [5, 5.41) is 12.6. The van der Waals surface area contributed by atoms with Crippen LogP contribution in [0, 0.1) is 17.0 Å². The van der Waals surface area contributed by atoms with Crippen molar-refractivity contribution in [3.8, 4) is 0 Å². The average molecular weight is 382 g/mol. The minimum absolute atomic E-state index is 0.134. The summed E-state index contributed by atoms with van der Waals surface area (Å²) in [7, 11) is 1.42. The van der Waals surface area contributed by atoms with Crippen molar-refractivity contribution in [1.29, 1.82) is 5.41 Å². The van der Waals surface area contributed by atoms with E-state index in [9.17, 15) is 22.1 Å². The second-order valence-corrected chi connectivity index (χ2v) is 7.30. The normalized spacial score (nSPS) is 24.1. The molecular formula is C13H14F4N4OS2. The number of guanidine groups is 1. The summed E-state index contributed by atoms with van der Waals surface area (Å²) >= 11 is 2.80. The minimum atomic E-state index is -2.95. The number of nitrogens with zero attached hydrogens (tertiary/aromatic N) is 1. The summed E-state index contributed by atoms with van der Waals surface area (Å²) in [5.74, 6) is -2.85. The van der Waals surface area contributed by atoms with E-state index in [1.165, 1.54) is 14.0 Å². The molecule has 1 saturated heterocycles. The lowest BCUT2D eigenvalue weighted by atomic mass is 9.92. The number of hydrogen-bond acceptors (Lipinski definition) is 3. The molecule has 1 fully saturated rings. The predicted octanol–water partition coefficient (Wildman–Crippen LogP) is 2.32. The first-order valence-corrected chi connectivity index (χ1v) is 8.31. The van der Waals surface area contributed by atoms with E-state index in [0.717, 1.165) is 10.4 Å². The second-order valence-electron chi connectivity index (χ2n) is 5.38. The van der Waals surface area contributed by atoms with Crippen molar-refractivity contribution in [2.75, 3.05) is 18.1 Å². The van der Waals surface area contributed by atoms with Crippen LogP contribution < -0.4 is 10.6 Å². The summed E-state index contributed by atoms with van der Waals surface area (Å²) in [4.78, 5) is -0.829. The molecule has 5 nitrogen and oxygen atoms in total. The largest absolute Gasteiger partial charge is 0.593 e. The molecule has 0 spiro atoms. The number of hydrogen-bond donors (Lipinski definition) is 3. The Morgan fingerprint density at radius 2 is 2.12 bits per heavy atom. The van der Waals surface area contributed by atoms with Gasteiger partial charge >= 0.3 is 0 Å². The zero-order valence-electron chi connectivity index (χ0n) is 12.6. The molecule has 1 aromatic carbocycles. The molecule has 0 aromatic heterocycles. The number of thiocarbonyl (C=S) groups is 1. The van der Waals surface area contributed by atoms with Gasteiger partial charge in [-0.1, -0.05) is 12.2 Å². The van der Waals surface area contributed by atoms with E-state index < -0.39 is 39.9 Å². The standard InChI is InChI=1S/C13H14F4N4OS2/c1-13(5-24(22)21(2)12(18)20-13)7-3-6(4-8(14)9(7)15)19-11(23)10(16)17/h3-4,10H,5H2,1-2H3,(H2,18,20)(H,19,23)/t13-,24?/m0/s1. The molecule has 0 aliphatic carbocycles. The number of rotatable bonds is 3. The first-order valence-electron chi connectivity index (χ1n) is 6.62. The maximum Gasteiger partial charge on any atom is 0.288 e. The number of halogens is 4. The molecule has 0 radical (unpaired) electrons. The van der Waals surface area contributed by atoms with Crippen LogP contribution >= 0.6 is 12.2 Å². The molecule has 11 heteroatoms. The van der Waals surface area contributed by atoms with Gasteiger partial charge in [0.05, 0.1) is 18.4 Å². The quantitative estimate of drug-likeness (QED) is 0.425. The van der Waals surface area contributed by atoms with Gasteiger partial charge in [-0.15, -0.1) is 0 Å². The van der Waals surface area contributed by atoms with Crippen molar-refractivity contribution < 1.29 is 22.1 Å². The smallest absolute Gasteiger partial charge is 0.288 e. The van der Waals surface area contributed by atoms with Gasteiger partial charge < -0.3 is 15.2 Å². The van der Waals surface area contributed by atoms with Crippen molar-refractivity contribution in [1.82, 2.24) is 9.62 Å². The SMILES string of the molecule is CN1C(=N)N[C@](C)(c2cc(NC(=S)C(F)F)cc(F)c2F)C[S+]1[O-]. The molecule has 132 valence electrons. The fraction of sp³-hybridized carbons (Fsp3) is 0.385. The summed E-state index contributed by atoms with van der Waals surface area (Å²) in [5.41, 5.74) is -1.76. The molecule has 2 rings (SSSR count). The lowest BCUT2D eigenvalue weighted by Crippen LogP contribution is -2.61. The zero-order valence-corrected chi connectivity index (χ0v) is 14.3. The number of anilines is 1. The highest BCUT2D eigenvalue weighted by molar-refractivity contribution is 7.89. The molecule has 1 aliphatic heterocycles. The van der Waals surface area contributed by atoms with Crippen molar-refractivity contribution in [2.24, 2.45) is 0 Å². The van der Waals surface area contributed by atoms with Crippen LogP contribution in [0.15, 0.2) is 12.1 Å². The Morgan fingerprint density at radius 3 is 2.67 bits per heavy atom. The average Bonchev–Trinajstić information content (AvgIpc) is 2.47. The fourth-order valence-corrected chi connectivity index (χ4v) is 3.51. The number of nitrogens with one attached hydrogen (secondary N) is 3. The van der Waals surface area contributed by atoms with Gasteiger partial charge in [0.15, 0.2) is 17.4 Å². The van der Waals surface area contributed by atoms with Crippen molar-refractivity contribution in [3.05, 3.63) is 29.3 Å². The molecule has 24 heavy (non-hydrogen) atoms. The third kappa shape index (κ3) is 3.57. The highest BCUT2D eigenvalue weighted by Crippen LogP contribution is 2.32. The number of benzene rings is 1. The Labute approximate surface area is 144 Å². The maximum atomic E-state index is 14.3. The zero-order chi connectivity index (χ0) is 18.2. The molecule has 0 saturated carbocycles. The molecule has 0 bridgehead atoms. The lowest BCUT2D eigenvalue weighted by Gasteiger charge is -2.40. The number of alkyl halides is 2. The van der Waals surface area contributed by atoms with Gasteiger partial charge in [-0.2, -0.15) is 4.31 Å². The molecular weight excluding hydrogens is 368 g/mol. The maximum absolute atomic E-state index is 14.3. The Hall–Kier alpha value is -1.59. The summed E-state index contributed by atoms with van der Waals surface area (Å²) < 4.78 is 66.3. The molecule has 1 heterocycles. The minimum Gasteiger partial charge on any atom is -0.593 e. The Kier molecular flexibility index (Phi) is 5.25. The summed E-state index contributed by atoms with van der Waals surface area (Å²) in [6, 6.07) is 1.81. The predicted molar refractivity (Wildman–Crippen MR) is 87.6 cm³/mol. The lowest BCUT2D eigenvalue weighted by molar-refractivity contribution is 0.228. The third-order valence-electron chi connectivity index (χ3n) is 3.52. The van der Waals surface area contributed by atoms with Crippen LogP contribution in [0.1, 0.15) is 12.5 Å². The second kappa shape index (κ2) is 6.73.